The molecule has 0 N–H and O–H groups in total. The Kier molecular flexibility index (Phi) is 5.69. The van der Waals surface area contributed by atoms with Gasteiger partial charge in [-0.3, -0.25) is 9.59 Å². The van der Waals surface area contributed by atoms with Gasteiger partial charge in [-0.05, 0) is 13.3 Å². The first kappa shape index (κ1) is 18.5. The predicted octanol–water partition coefficient (Wildman–Crippen LogP) is 1.80. The summed E-state index contributed by atoms with van der Waals surface area (Å²) in [6.45, 7) is 7.87. The molecular weight excluding hydrogens is 328 g/mol. The lowest BCUT2D eigenvalue weighted by molar-refractivity contribution is -0.440. The van der Waals surface area contributed by atoms with Gasteiger partial charge in [0.1, 0.15) is 10.8 Å². The number of urea groups is 1. The van der Waals surface area contributed by atoms with Gasteiger partial charge in [0.25, 0.3) is 5.84 Å². The topological polar surface area (TPSA) is 82.2 Å². The van der Waals surface area contributed by atoms with Crippen molar-refractivity contribution in [1.29, 1.82) is 0 Å². The molecule has 0 fully saturated rings. The van der Waals surface area contributed by atoms with Crippen LogP contribution in [0.5, 0.6) is 0 Å². The van der Waals surface area contributed by atoms with Crippen molar-refractivity contribution in [2.24, 2.45) is 21.8 Å². The summed E-state index contributed by atoms with van der Waals surface area (Å²) in [5.41, 5.74) is 0. The van der Waals surface area contributed by atoms with Gasteiger partial charge in [-0.25, -0.2) is 9.79 Å². The number of carbonyl (C=O) groups excluding carboxylic acids is 3. The van der Waals surface area contributed by atoms with E-state index in [1.807, 2.05) is 20.8 Å². The molecule has 0 radical (unpaired) electrons. The van der Waals surface area contributed by atoms with Crippen molar-refractivity contribution in [2.45, 2.75) is 34.1 Å². The van der Waals surface area contributed by atoms with Gasteiger partial charge < -0.3 is 0 Å². The summed E-state index contributed by atoms with van der Waals surface area (Å²) < 4.78 is 1.55. The number of fused-ring (bicyclic) bond motifs is 1. The highest BCUT2D eigenvalue weighted by atomic mass is 32.2. The number of imide groups is 1. The fourth-order valence-corrected chi connectivity index (χ4v) is 3.36. The van der Waals surface area contributed by atoms with Crippen molar-refractivity contribution >= 4 is 46.2 Å². The number of hydrogen-bond donors (Lipinski definition) is 0. The lowest BCUT2D eigenvalue weighted by Gasteiger charge is -2.28. The van der Waals surface area contributed by atoms with Crippen molar-refractivity contribution in [3.63, 3.8) is 0 Å². The molecule has 0 aliphatic carbocycles. The molecule has 130 valence electrons. The number of amidine groups is 2. The molecule has 2 aliphatic heterocycles. The third-order valence-corrected chi connectivity index (χ3v) is 4.89. The first-order valence-corrected chi connectivity index (χ1v) is 9.01. The van der Waals surface area contributed by atoms with Gasteiger partial charge in [-0.15, -0.1) is 11.8 Å². The van der Waals surface area contributed by atoms with E-state index < -0.39 is 5.92 Å². The molecule has 1 unspecified atom stereocenters. The number of hydrogen-bond acceptors (Lipinski definition) is 6. The summed E-state index contributed by atoms with van der Waals surface area (Å²) in [6.07, 6.45) is 0.754. The van der Waals surface area contributed by atoms with Gasteiger partial charge in [0.15, 0.2) is 5.92 Å². The standard InChI is InChI=1S/C16H23N4O3S/c1-6-7-20-13-11(15(22)19(5)16(20)23)14(24-8-10(4)21)18-12(17-13)9(2)3/h9,11H,6-8H2,1-5H3/q+1. The second kappa shape index (κ2) is 7.38. The quantitative estimate of drug-likeness (QED) is 0.707. The Balaban J connectivity index is 2.58. The van der Waals surface area contributed by atoms with Crippen LogP contribution in [-0.4, -0.2) is 63.3 Å². The molecule has 8 heteroatoms. The van der Waals surface area contributed by atoms with E-state index in [9.17, 15) is 14.4 Å². The fraction of sp³-hybridized carbons (Fsp3) is 0.625. The molecule has 1 atom stereocenters. The minimum atomic E-state index is -0.703. The van der Waals surface area contributed by atoms with E-state index in [1.165, 1.54) is 25.7 Å². The van der Waals surface area contributed by atoms with E-state index in [0.29, 0.717) is 23.3 Å². The third kappa shape index (κ3) is 3.48. The second-order valence-electron chi connectivity index (χ2n) is 6.19. The van der Waals surface area contributed by atoms with Gasteiger partial charge in [0.2, 0.25) is 5.84 Å². The summed E-state index contributed by atoms with van der Waals surface area (Å²) >= 11 is 1.25. The number of thioether (sulfide) groups is 1. The van der Waals surface area contributed by atoms with Gasteiger partial charge in [0.05, 0.1) is 19.3 Å². The van der Waals surface area contributed by atoms with Gasteiger partial charge in [-0.2, -0.15) is 9.48 Å². The summed E-state index contributed by atoms with van der Waals surface area (Å²) in [6, 6.07) is -0.363. The zero-order valence-corrected chi connectivity index (χ0v) is 15.5. The first-order chi connectivity index (χ1) is 11.3. The van der Waals surface area contributed by atoms with E-state index >= 15 is 0 Å². The van der Waals surface area contributed by atoms with Crippen LogP contribution in [0.2, 0.25) is 0 Å². The molecular formula is C16H23N4O3S+. The zero-order chi connectivity index (χ0) is 18.0. The number of ketones is 1. The highest BCUT2D eigenvalue weighted by Gasteiger charge is 2.50. The number of aliphatic imine (C=N–C) groups is 2. The smallest absolute Gasteiger partial charge is 0.299 e. The Bertz CT molecular complexity index is 679. The summed E-state index contributed by atoms with van der Waals surface area (Å²) in [5, 5.41) is 0.546. The number of nitrogens with zero attached hydrogens (tertiary/aromatic N) is 4. The van der Waals surface area contributed by atoms with E-state index in [0.717, 1.165) is 11.3 Å². The summed E-state index contributed by atoms with van der Waals surface area (Å²) in [4.78, 5) is 46.6. The molecule has 0 saturated heterocycles. The maximum absolute atomic E-state index is 12.7. The van der Waals surface area contributed by atoms with Crippen molar-refractivity contribution in [1.82, 2.24) is 4.90 Å². The number of amides is 3. The molecule has 0 aromatic rings. The minimum Gasteiger partial charge on any atom is -0.299 e. The van der Waals surface area contributed by atoms with Crippen LogP contribution in [0.3, 0.4) is 0 Å². The summed E-state index contributed by atoms with van der Waals surface area (Å²) in [7, 11) is 1.47. The number of carbonyl (C=O) groups is 3. The highest BCUT2D eigenvalue weighted by Crippen LogP contribution is 2.26. The van der Waals surface area contributed by atoms with Crippen LogP contribution >= 0.6 is 11.8 Å². The van der Waals surface area contributed by atoms with Crippen LogP contribution in [0.1, 0.15) is 34.1 Å². The third-order valence-electron chi connectivity index (χ3n) is 3.72. The number of rotatable bonds is 5. The van der Waals surface area contributed by atoms with Crippen LogP contribution in [0.25, 0.3) is 0 Å². The molecule has 2 heterocycles. The van der Waals surface area contributed by atoms with Crippen LogP contribution in [0.15, 0.2) is 9.98 Å². The molecule has 0 aromatic carbocycles. The molecule has 24 heavy (non-hydrogen) atoms. The van der Waals surface area contributed by atoms with Crippen LogP contribution in [-0.2, 0) is 9.59 Å². The molecule has 3 amide bonds. The molecule has 0 aromatic heterocycles. The Morgan fingerprint density at radius 2 is 2.00 bits per heavy atom. The second-order valence-corrected chi connectivity index (χ2v) is 7.18. The monoisotopic (exact) mass is 351 g/mol. The molecule has 2 rings (SSSR count). The maximum atomic E-state index is 12.7. The Morgan fingerprint density at radius 3 is 2.54 bits per heavy atom. The molecule has 0 bridgehead atoms. The largest absolute Gasteiger partial charge is 0.445 e. The van der Waals surface area contributed by atoms with Crippen LogP contribution in [0.4, 0.5) is 4.79 Å². The van der Waals surface area contributed by atoms with E-state index in [1.54, 1.807) is 4.58 Å². The van der Waals surface area contributed by atoms with Gasteiger partial charge in [0, 0.05) is 5.92 Å². The number of Topliss-reactive ketones (excluding diaryl/α,β-unsaturated/α-hetero) is 1. The van der Waals surface area contributed by atoms with E-state index in [4.69, 9.17) is 0 Å². The lowest BCUT2D eigenvalue weighted by atomic mass is 10.0. The summed E-state index contributed by atoms with van der Waals surface area (Å²) in [5.74, 6) is 0.283. The SMILES string of the molecule is CCC[N+]1=C2N=C(C(C)C)N=C(SCC(C)=O)C2C(=O)N(C)C1=O. The highest BCUT2D eigenvalue weighted by molar-refractivity contribution is 8.14. The average molecular weight is 351 g/mol. The van der Waals surface area contributed by atoms with Crippen molar-refractivity contribution in [3.8, 4) is 0 Å². The zero-order valence-electron chi connectivity index (χ0n) is 14.7. The fourth-order valence-electron chi connectivity index (χ4n) is 2.48. The maximum Gasteiger partial charge on any atom is 0.445 e. The molecule has 0 spiro atoms. The predicted molar refractivity (Wildman–Crippen MR) is 94.9 cm³/mol. The van der Waals surface area contributed by atoms with Crippen molar-refractivity contribution in [3.05, 3.63) is 0 Å². The lowest BCUT2D eigenvalue weighted by Crippen LogP contribution is -2.56. The molecule has 0 saturated carbocycles. The normalized spacial score (nSPS) is 21.1. The van der Waals surface area contributed by atoms with E-state index in [-0.39, 0.29) is 29.4 Å². The minimum absolute atomic E-state index is 0.0102. The Hall–Kier alpha value is -1.83. The molecule has 2 aliphatic rings. The Morgan fingerprint density at radius 1 is 1.33 bits per heavy atom. The first-order valence-electron chi connectivity index (χ1n) is 8.03. The Labute approximate surface area is 145 Å². The molecule has 7 nitrogen and oxygen atoms in total. The average Bonchev–Trinajstić information content (AvgIpc) is 2.53. The van der Waals surface area contributed by atoms with Crippen molar-refractivity contribution < 1.29 is 19.0 Å². The van der Waals surface area contributed by atoms with Gasteiger partial charge >= 0.3 is 11.9 Å². The van der Waals surface area contributed by atoms with Crippen LogP contribution in [0, 0.1) is 11.8 Å². The van der Waals surface area contributed by atoms with Crippen molar-refractivity contribution in [2.75, 3.05) is 19.3 Å². The van der Waals surface area contributed by atoms with Gasteiger partial charge in [-0.1, -0.05) is 25.8 Å². The van der Waals surface area contributed by atoms with E-state index in [2.05, 4.69) is 9.98 Å². The van der Waals surface area contributed by atoms with Crippen LogP contribution < -0.4 is 0 Å².